The van der Waals surface area contributed by atoms with E-state index in [4.69, 9.17) is 9.52 Å². The van der Waals surface area contributed by atoms with Gasteiger partial charge in [-0.05, 0) is 37.5 Å². The van der Waals surface area contributed by atoms with Crippen LogP contribution in [0.4, 0.5) is 0 Å². The number of furan rings is 1. The van der Waals surface area contributed by atoms with Crippen molar-refractivity contribution in [3.8, 4) is 0 Å². The molecule has 0 fully saturated rings. The van der Waals surface area contributed by atoms with Gasteiger partial charge in [0, 0.05) is 11.8 Å². The molecule has 0 aliphatic rings. The summed E-state index contributed by atoms with van der Waals surface area (Å²) in [5, 5.41) is 9.69. The maximum atomic E-state index is 10.4. The van der Waals surface area contributed by atoms with Crippen LogP contribution in [0, 0.1) is 6.92 Å². The van der Waals surface area contributed by atoms with Crippen molar-refractivity contribution in [2.24, 2.45) is 0 Å². The Morgan fingerprint density at radius 2 is 2.25 bits per heavy atom. The Kier molecular flexibility index (Phi) is 2.95. The van der Waals surface area contributed by atoms with Crippen LogP contribution in [0.5, 0.6) is 0 Å². The summed E-state index contributed by atoms with van der Waals surface area (Å²) in [6.45, 7) is 1.92. The lowest BCUT2D eigenvalue weighted by Crippen LogP contribution is -1.95. The lowest BCUT2D eigenvalue weighted by Gasteiger charge is -2.00. The summed E-state index contributed by atoms with van der Waals surface area (Å²) in [4.78, 5) is 10.4. The van der Waals surface area contributed by atoms with Crippen molar-refractivity contribution in [2.45, 2.75) is 26.2 Å². The molecule has 0 atom stereocenters. The number of carboxylic acids is 1. The van der Waals surface area contributed by atoms with Crippen molar-refractivity contribution >= 4 is 16.9 Å². The average molecular weight is 218 g/mol. The number of carboxylic acid groups (broad SMARTS) is 1. The largest absolute Gasteiger partial charge is 0.481 e. The van der Waals surface area contributed by atoms with Gasteiger partial charge in [0.05, 0.1) is 0 Å². The first-order chi connectivity index (χ1) is 7.66. The van der Waals surface area contributed by atoms with E-state index < -0.39 is 5.97 Å². The van der Waals surface area contributed by atoms with Crippen LogP contribution in [-0.4, -0.2) is 11.1 Å². The van der Waals surface area contributed by atoms with Gasteiger partial charge in [0.2, 0.25) is 0 Å². The molecule has 84 valence electrons. The standard InChI is InChI=1S/C13H14O3/c1-9-8-11-10(5-3-7-13(14)15)4-2-6-12(11)16-9/h2,4,6,8H,3,5,7H2,1H3,(H,14,15). The molecular weight excluding hydrogens is 204 g/mol. The van der Waals surface area contributed by atoms with E-state index in [9.17, 15) is 4.79 Å². The third-order valence-corrected chi connectivity index (χ3v) is 2.61. The van der Waals surface area contributed by atoms with Gasteiger partial charge in [0.15, 0.2) is 0 Å². The van der Waals surface area contributed by atoms with Crippen LogP contribution in [0.3, 0.4) is 0 Å². The van der Waals surface area contributed by atoms with Gasteiger partial charge < -0.3 is 9.52 Å². The minimum atomic E-state index is -0.740. The van der Waals surface area contributed by atoms with Crippen molar-refractivity contribution in [3.63, 3.8) is 0 Å². The summed E-state index contributed by atoms with van der Waals surface area (Å²) in [6, 6.07) is 7.91. The first kappa shape index (κ1) is 10.7. The Hall–Kier alpha value is -1.77. The van der Waals surface area contributed by atoms with Gasteiger partial charge in [-0.1, -0.05) is 12.1 Å². The molecular formula is C13H14O3. The van der Waals surface area contributed by atoms with Crippen molar-refractivity contribution in [1.29, 1.82) is 0 Å². The van der Waals surface area contributed by atoms with E-state index in [0.717, 1.165) is 28.7 Å². The molecule has 0 unspecified atom stereocenters. The van der Waals surface area contributed by atoms with Crippen molar-refractivity contribution in [2.75, 3.05) is 0 Å². The Morgan fingerprint density at radius 1 is 1.44 bits per heavy atom. The summed E-state index contributed by atoms with van der Waals surface area (Å²) in [7, 11) is 0. The Morgan fingerprint density at radius 3 is 3.00 bits per heavy atom. The molecule has 0 radical (unpaired) electrons. The molecule has 0 aliphatic heterocycles. The molecule has 0 bridgehead atoms. The SMILES string of the molecule is Cc1cc2c(CCCC(=O)O)cccc2o1. The average Bonchev–Trinajstić information content (AvgIpc) is 2.58. The fourth-order valence-electron chi connectivity index (χ4n) is 1.90. The Labute approximate surface area is 93.7 Å². The quantitative estimate of drug-likeness (QED) is 0.857. The number of hydrogen-bond donors (Lipinski definition) is 1. The maximum Gasteiger partial charge on any atom is 0.303 e. The molecule has 1 N–H and O–H groups in total. The van der Waals surface area contributed by atoms with E-state index in [-0.39, 0.29) is 6.42 Å². The van der Waals surface area contributed by atoms with E-state index in [2.05, 4.69) is 0 Å². The highest BCUT2D eigenvalue weighted by atomic mass is 16.4. The van der Waals surface area contributed by atoms with E-state index in [0.29, 0.717) is 6.42 Å². The fourth-order valence-corrected chi connectivity index (χ4v) is 1.90. The van der Waals surface area contributed by atoms with Crippen LogP contribution in [0.1, 0.15) is 24.2 Å². The van der Waals surface area contributed by atoms with E-state index in [1.165, 1.54) is 0 Å². The van der Waals surface area contributed by atoms with Crippen LogP contribution < -0.4 is 0 Å². The van der Waals surface area contributed by atoms with E-state index in [1.54, 1.807) is 0 Å². The third kappa shape index (κ3) is 2.24. The number of carbonyl (C=O) groups is 1. The molecule has 1 aromatic carbocycles. The zero-order chi connectivity index (χ0) is 11.5. The van der Waals surface area contributed by atoms with Gasteiger partial charge in [0.1, 0.15) is 11.3 Å². The highest BCUT2D eigenvalue weighted by Crippen LogP contribution is 2.23. The fraction of sp³-hybridized carbons (Fsp3) is 0.308. The highest BCUT2D eigenvalue weighted by Gasteiger charge is 2.06. The van der Waals surface area contributed by atoms with Crippen molar-refractivity contribution in [3.05, 3.63) is 35.6 Å². The van der Waals surface area contributed by atoms with E-state index >= 15 is 0 Å². The second-order valence-electron chi connectivity index (χ2n) is 3.93. The van der Waals surface area contributed by atoms with Gasteiger partial charge in [-0.25, -0.2) is 0 Å². The number of fused-ring (bicyclic) bond motifs is 1. The zero-order valence-corrected chi connectivity index (χ0v) is 9.19. The van der Waals surface area contributed by atoms with Gasteiger partial charge in [-0.2, -0.15) is 0 Å². The minimum Gasteiger partial charge on any atom is -0.481 e. The summed E-state index contributed by atoms with van der Waals surface area (Å²) in [5.41, 5.74) is 2.04. The number of aryl methyl sites for hydroxylation is 2. The normalized spacial score (nSPS) is 10.8. The van der Waals surface area contributed by atoms with Crippen LogP contribution in [0.15, 0.2) is 28.7 Å². The molecule has 1 aromatic heterocycles. The summed E-state index contributed by atoms with van der Waals surface area (Å²) < 4.78 is 5.52. The molecule has 0 saturated heterocycles. The molecule has 0 spiro atoms. The third-order valence-electron chi connectivity index (χ3n) is 2.61. The van der Waals surface area contributed by atoms with Gasteiger partial charge in [-0.15, -0.1) is 0 Å². The Balaban J connectivity index is 2.20. The second-order valence-corrected chi connectivity index (χ2v) is 3.93. The molecule has 2 aromatic rings. The molecule has 3 nitrogen and oxygen atoms in total. The smallest absolute Gasteiger partial charge is 0.303 e. The number of aliphatic carboxylic acids is 1. The molecule has 0 saturated carbocycles. The van der Waals surface area contributed by atoms with Gasteiger partial charge in [0.25, 0.3) is 0 Å². The number of rotatable bonds is 4. The highest BCUT2D eigenvalue weighted by molar-refractivity contribution is 5.81. The number of benzene rings is 1. The second kappa shape index (κ2) is 4.39. The van der Waals surface area contributed by atoms with E-state index in [1.807, 2.05) is 31.2 Å². The predicted molar refractivity (Wildman–Crippen MR) is 61.5 cm³/mol. The molecule has 1 heterocycles. The van der Waals surface area contributed by atoms with Gasteiger partial charge in [-0.3, -0.25) is 4.79 Å². The predicted octanol–water partition coefficient (Wildman–Crippen LogP) is 3.15. The zero-order valence-electron chi connectivity index (χ0n) is 9.19. The van der Waals surface area contributed by atoms with Crippen LogP contribution >= 0.6 is 0 Å². The molecule has 3 heteroatoms. The van der Waals surface area contributed by atoms with Crippen LogP contribution in [0.25, 0.3) is 11.0 Å². The molecule has 0 aliphatic carbocycles. The first-order valence-corrected chi connectivity index (χ1v) is 5.36. The molecule has 0 amide bonds. The monoisotopic (exact) mass is 218 g/mol. The first-order valence-electron chi connectivity index (χ1n) is 5.36. The molecule has 2 rings (SSSR count). The topological polar surface area (TPSA) is 50.4 Å². The number of hydrogen-bond acceptors (Lipinski definition) is 2. The summed E-state index contributed by atoms with van der Waals surface area (Å²) >= 11 is 0. The minimum absolute atomic E-state index is 0.215. The Bertz CT molecular complexity index is 511. The summed E-state index contributed by atoms with van der Waals surface area (Å²) in [6.07, 6.45) is 1.66. The van der Waals surface area contributed by atoms with Crippen LogP contribution in [-0.2, 0) is 11.2 Å². The van der Waals surface area contributed by atoms with Crippen LogP contribution in [0.2, 0.25) is 0 Å². The lowest BCUT2D eigenvalue weighted by molar-refractivity contribution is -0.137. The maximum absolute atomic E-state index is 10.4. The molecule has 16 heavy (non-hydrogen) atoms. The van der Waals surface area contributed by atoms with Gasteiger partial charge >= 0.3 is 5.97 Å². The van der Waals surface area contributed by atoms with Crippen molar-refractivity contribution < 1.29 is 14.3 Å². The lowest BCUT2D eigenvalue weighted by atomic mass is 10.0. The summed E-state index contributed by atoms with van der Waals surface area (Å²) in [5.74, 6) is 0.149. The van der Waals surface area contributed by atoms with Crippen molar-refractivity contribution in [1.82, 2.24) is 0 Å².